The molecule has 86 heavy (non-hydrogen) atoms. The Bertz CT molecular complexity index is 3100. The molecule has 1 saturated heterocycles. The zero-order valence-corrected chi connectivity index (χ0v) is 50.6. The largest absolute Gasteiger partial charge is 0.391 e. The first-order valence-electron chi connectivity index (χ1n) is 29.8. The number of nitrogens with zero attached hydrogens (tertiary/aromatic N) is 7. The maximum Gasteiger partial charge on any atom is 0.251 e. The van der Waals surface area contributed by atoms with E-state index in [1.807, 2.05) is 62.0 Å². The number of aryl methyl sites for hydroxylation is 1. The molecule has 3 atom stereocenters. The van der Waals surface area contributed by atoms with E-state index in [9.17, 15) is 37.9 Å². The molecule has 1 fully saturated rings. The molecule has 462 valence electrons. The molecule has 23 heteroatoms. The molecule has 0 aliphatic carbocycles. The maximum absolute atomic E-state index is 14.1. The molecule has 0 spiro atoms. The summed E-state index contributed by atoms with van der Waals surface area (Å²) in [5, 5.41) is 34.2. The Balaban J connectivity index is 0.686. The zero-order valence-electron chi connectivity index (χ0n) is 49.8. The number of rotatable bonds is 35. The molecule has 7 rings (SSSR count). The molecule has 3 aromatic carbocycles. The summed E-state index contributed by atoms with van der Waals surface area (Å²) in [7, 11) is 0. The first-order chi connectivity index (χ1) is 41.5. The second-order valence-electron chi connectivity index (χ2n) is 22.6. The number of β-amino-alcohol motifs (C(OH)–C–C–N with tert-alkyl or cyclic N) is 1. The van der Waals surface area contributed by atoms with E-state index in [1.54, 1.807) is 47.9 Å². The number of benzene rings is 3. The fourth-order valence-electron chi connectivity index (χ4n) is 9.93. The zero-order chi connectivity index (χ0) is 61.3. The van der Waals surface area contributed by atoms with Crippen LogP contribution in [0, 0.1) is 24.0 Å². The lowest BCUT2D eigenvalue weighted by molar-refractivity contribution is -0.144. The Morgan fingerprint density at radius 2 is 1.43 bits per heavy atom. The van der Waals surface area contributed by atoms with Gasteiger partial charge in [0.2, 0.25) is 23.6 Å². The minimum absolute atomic E-state index is 0.0158. The summed E-state index contributed by atoms with van der Waals surface area (Å²) < 4.78 is 41.8. The highest BCUT2D eigenvalue weighted by molar-refractivity contribution is 7.13. The van der Waals surface area contributed by atoms with Gasteiger partial charge >= 0.3 is 0 Å². The van der Waals surface area contributed by atoms with Crippen molar-refractivity contribution in [3.8, 4) is 22.0 Å². The van der Waals surface area contributed by atoms with E-state index >= 15 is 0 Å². The molecule has 6 aromatic rings. The van der Waals surface area contributed by atoms with Crippen molar-refractivity contribution in [2.45, 2.75) is 156 Å². The number of likely N-dealkylation sites (tertiary alicyclic amines) is 1. The van der Waals surface area contributed by atoms with Crippen LogP contribution < -0.4 is 26.6 Å². The minimum atomic E-state index is -0.875. The van der Waals surface area contributed by atoms with Gasteiger partial charge in [-0.05, 0) is 111 Å². The molecule has 5 amide bonds. The number of anilines is 1. The van der Waals surface area contributed by atoms with Crippen LogP contribution in [-0.2, 0) is 54.8 Å². The third-order valence-electron chi connectivity index (χ3n) is 14.8. The molecule has 20 nitrogen and oxygen atoms in total. The Labute approximate surface area is 506 Å². The van der Waals surface area contributed by atoms with Gasteiger partial charge in [0.25, 0.3) is 5.91 Å². The molecule has 1 aliphatic heterocycles. The van der Waals surface area contributed by atoms with Crippen molar-refractivity contribution in [3.63, 3.8) is 0 Å². The monoisotopic (exact) mass is 1200 g/mol. The van der Waals surface area contributed by atoms with Crippen molar-refractivity contribution >= 4 is 46.6 Å². The number of aliphatic hydroxyl groups is 1. The van der Waals surface area contributed by atoms with Crippen molar-refractivity contribution in [1.82, 2.24) is 55.9 Å². The molecule has 6 N–H and O–H groups in total. The Morgan fingerprint density at radius 3 is 2.08 bits per heavy atom. The van der Waals surface area contributed by atoms with Gasteiger partial charge in [-0.2, -0.15) is 0 Å². The molecular formula is C63H82F2N12O8S. The Morgan fingerprint density at radius 1 is 0.756 bits per heavy atom. The fraction of sp³-hybridized carbons (Fsp3) is 0.492. The topological polar surface area (TPSA) is 257 Å². The van der Waals surface area contributed by atoms with Crippen LogP contribution in [0.25, 0.3) is 22.0 Å². The third-order valence-corrected chi connectivity index (χ3v) is 15.7. The molecule has 3 aromatic heterocycles. The molecule has 4 heterocycles. The predicted octanol–water partition coefficient (Wildman–Crippen LogP) is 8.63. The number of halogens is 2. The number of aliphatic hydroxyl groups excluding tert-OH is 1. The van der Waals surface area contributed by atoms with Crippen LogP contribution in [0.1, 0.15) is 137 Å². The molecule has 0 saturated carbocycles. The Kier molecular flexibility index (Phi) is 26.0. The van der Waals surface area contributed by atoms with Crippen LogP contribution in [0.3, 0.4) is 0 Å². The number of thiazole rings is 1. The number of hydrogen-bond acceptors (Lipinski definition) is 15. The van der Waals surface area contributed by atoms with Crippen molar-refractivity contribution in [1.29, 1.82) is 0 Å². The summed E-state index contributed by atoms with van der Waals surface area (Å²) >= 11 is 1.58. The number of ether oxygens (including phenoxy) is 2. The highest BCUT2D eigenvalue weighted by Gasteiger charge is 2.44. The normalized spacial score (nSPS) is 14.4. The highest BCUT2D eigenvalue weighted by Crippen LogP contribution is 2.29. The van der Waals surface area contributed by atoms with Gasteiger partial charge in [-0.1, -0.05) is 70.0 Å². The molecule has 1 unspecified atom stereocenters. The van der Waals surface area contributed by atoms with Crippen molar-refractivity contribution in [2.75, 3.05) is 44.8 Å². The molecule has 0 bridgehead atoms. The lowest BCUT2D eigenvalue weighted by Gasteiger charge is -2.35. The summed E-state index contributed by atoms with van der Waals surface area (Å²) in [5.41, 5.74) is 5.40. The molecule has 0 radical (unpaired) electrons. The maximum atomic E-state index is 14.1. The number of aromatic nitrogens is 6. The summed E-state index contributed by atoms with van der Waals surface area (Å²) in [6, 6.07) is 18.2. The third kappa shape index (κ3) is 20.5. The van der Waals surface area contributed by atoms with E-state index in [1.165, 1.54) is 17.3 Å². The fourth-order valence-corrected chi connectivity index (χ4v) is 10.7. The number of carbonyl (C=O) groups is 5. The summed E-state index contributed by atoms with van der Waals surface area (Å²) in [6.45, 7) is 11.4. The van der Waals surface area contributed by atoms with Crippen LogP contribution >= 0.6 is 11.3 Å². The smallest absolute Gasteiger partial charge is 0.251 e. The summed E-state index contributed by atoms with van der Waals surface area (Å²) in [4.78, 5) is 81.4. The Hall–Kier alpha value is -7.60. The van der Waals surface area contributed by atoms with Crippen LogP contribution in [0.5, 0.6) is 0 Å². The van der Waals surface area contributed by atoms with Gasteiger partial charge in [-0.3, -0.25) is 24.0 Å². The summed E-state index contributed by atoms with van der Waals surface area (Å²) in [6.07, 6.45) is 11.2. The van der Waals surface area contributed by atoms with Crippen molar-refractivity contribution in [2.24, 2.45) is 5.41 Å². The number of unbranched alkanes of at least 4 members (excludes halogenated alkanes) is 6. The van der Waals surface area contributed by atoms with Crippen molar-refractivity contribution < 1.29 is 47.3 Å². The standard InChI is InChI=1S/C63H82F2N12O8S/c1-43-57(86-42-72-43)45-25-23-44(24-26-45)37-69-61(82)53-36-48(78)40-77(53)62(83)58(63(2,3)4)73-56(80)22-9-6-11-32-85-34-13-7-12-33-84-31-10-5-8-21-55(79)67-28-16-30-76-54(74-75-59(76)52-27-29-66-41-71-52)39-68-47-18-14-17-46(35-47)60(81)70-38-49-50(64)19-15-20-51(49)65/h14-15,17-20,23-27,29,35,41-42,48,53,58,68,78H,5-13,16,21-22,28,30-34,36-40H2,1-4H3,(H,67,79)(H,69,82)(H,70,81)(H,73,80)/t48-,53?,58-/m1/s1. The van der Waals surface area contributed by atoms with E-state index in [-0.39, 0.29) is 68.2 Å². The second-order valence-corrected chi connectivity index (χ2v) is 23.4. The number of carbonyl (C=O) groups excluding carboxylic acids is 5. The van der Waals surface area contributed by atoms with Crippen LogP contribution in [0.2, 0.25) is 0 Å². The van der Waals surface area contributed by atoms with E-state index in [0.29, 0.717) is 87.4 Å². The number of hydrogen-bond donors (Lipinski definition) is 6. The van der Waals surface area contributed by atoms with Crippen LogP contribution in [0.4, 0.5) is 14.5 Å². The van der Waals surface area contributed by atoms with E-state index in [0.717, 1.165) is 85.2 Å². The van der Waals surface area contributed by atoms with E-state index in [2.05, 4.69) is 51.7 Å². The van der Waals surface area contributed by atoms with Gasteiger partial charge in [0.1, 0.15) is 35.7 Å². The predicted molar refractivity (Wildman–Crippen MR) is 324 cm³/mol. The van der Waals surface area contributed by atoms with Gasteiger partial charge in [0, 0.05) is 101 Å². The number of amides is 5. The molecular weight excluding hydrogens is 1120 g/mol. The number of nitrogens with one attached hydrogen (secondary N) is 5. The van der Waals surface area contributed by atoms with Crippen LogP contribution in [-0.4, -0.2) is 127 Å². The minimum Gasteiger partial charge on any atom is -0.391 e. The summed E-state index contributed by atoms with van der Waals surface area (Å²) in [5.74, 6) is -1.78. The van der Waals surface area contributed by atoms with E-state index < -0.39 is 41.1 Å². The van der Waals surface area contributed by atoms with Gasteiger partial charge in [-0.15, -0.1) is 21.5 Å². The quantitative estimate of drug-likeness (QED) is 0.0204. The lowest BCUT2D eigenvalue weighted by atomic mass is 9.85. The first-order valence-corrected chi connectivity index (χ1v) is 30.6. The van der Waals surface area contributed by atoms with Gasteiger partial charge in [0.05, 0.1) is 28.7 Å². The van der Waals surface area contributed by atoms with Gasteiger partial charge in [-0.25, -0.2) is 23.7 Å². The SMILES string of the molecule is Cc1ncsc1-c1ccc(CNC(=O)C2C[C@@H](O)CN2C(=O)[C@@H](NC(=O)CCCCCOCCCCCOCCCCCC(=O)NCCCn2c(CNc3cccc(C(=O)NCc4c(F)cccc4F)c3)nnc2-c2ccncn2)C(C)(C)C)cc1. The lowest BCUT2D eigenvalue weighted by Crippen LogP contribution is -2.57. The van der Waals surface area contributed by atoms with E-state index in [4.69, 9.17) is 9.47 Å². The first kappa shape index (κ1) is 65.9. The average molecular weight is 1210 g/mol. The highest BCUT2D eigenvalue weighted by atomic mass is 32.1. The second kappa shape index (κ2) is 33.9. The van der Waals surface area contributed by atoms with Crippen LogP contribution in [0.15, 0.2) is 90.8 Å². The molecule has 1 aliphatic rings. The van der Waals surface area contributed by atoms with Gasteiger partial charge < -0.3 is 50.6 Å². The van der Waals surface area contributed by atoms with Gasteiger partial charge in [0.15, 0.2) is 11.6 Å². The van der Waals surface area contributed by atoms with Crippen molar-refractivity contribution in [3.05, 3.63) is 131 Å². The average Bonchev–Trinajstić information content (AvgIpc) is 2.62.